The van der Waals surface area contributed by atoms with Crippen molar-refractivity contribution in [1.82, 2.24) is 4.98 Å². The lowest BCUT2D eigenvalue weighted by Gasteiger charge is -2.25. The Morgan fingerprint density at radius 3 is 2.35 bits per heavy atom. The van der Waals surface area contributed by atoms with Crippen molar-refractivity contribution in [3.8, 4) is 11.5 Å². The van der Waals surface area contributed by atoms with Gasteiger partial charge in [0.05, 0.1) is 7.11 Å². The van der Waals surface area contributed by atoms with Crippen LogP contribution >= 0.6 is 0 Å². The molecule has 1 aromatic carbocycles. The third-order valence-corrected chi connectivity index (χ3v) is 3.22. The van der Waals surface area contributed by atoms with E-state index in [1.54, 1.807) is 19.5 Å². The van der Waals surface area contributed by atoms with Gasteiger partial charge in [-0.25, -0.2) is 0 Å². The monoisotopic (exact) mass is 272 g/mol. The molecule has 0 aliphatic rings. The summed E-state index contributed by atoms with van der Waals surface area (Å²) >= 11 is 0. The number of pyridine rings is 1. The van der Waals surface area contributed by atoms with Crippen LogP contribution in [0.3, 0.4) is 0 Å². The summed E-state index contributed by atoms with van der Waals surface area (Å²) in [4.78, 5) is 4.03. The number of hydrogen-bond donors (Lipinski definition) is 1. The van der Waals surface area contributed by atoms with Crippen LogP contribution in [0.15, 0.2) is 48.8 Å². The van der Waals surface area contributed by atoms with E-state index in [1.165, 1.54) is 0 Å². The number of hydrogen-bond acceptors (Lipinski definition) is 4. The van der Waals surface area contributed by atoms with Crippen LogP contribution < -0.4 is 15.2 Å². The number of aromatic nitrogens is 1. The van der Waals surface area contributed by atoms with Gasteiger partial charge in [0.15, 0.2) is 11.5 Å². The summed E-state index contributed by atoms with van der Waals surface area (Å²) in [6.45, 7) is 2.05. The number of methoxy groups -OCH3 is 1. The molecule has 2 N–H and O–H groups in total. The highest BCUT2D eigenvalue weighted by Gasteiger charge is 2.21. The summed E-state index contributed by atoms with van der Waals surface area (Å²) in [6, 6.07) is 11.3. The Bertz CT molecular complexity index is 531. The van der Waals surface area contributed by atoms with Crippen LogP contribution in [0.1, 0.15) is 25.0 Å². The number of nitrogens with zero attached hydrogens (tertiary/aromatic N) is 1. The van der Waals surface area contributed by atoms with Crippen LogP contribution in [-0.2, 0) is 0 Å². The molecule has 2 rings (SSSR count). The summed E-state index contributed by atoms with van der Waals surface area (Å²) in [7, 11) is 1.63. The molecule has 4 heteroatoms. The van der Waals surface area contributed by atoms with E-state index in [2.05, 4.69) is 4.98 Å². The van der Waals surface area contributed by atoms with Gasteiger partial charge in [0.1, 0.15) is 6.10 Å². The summed E-state index contributed by atoms with van der Waals surface area (Å²) in [6.07, 6.45) is 4.09. The Hall–Kier alpha value is -2.07. The van der Waals surface area contributed by atoms with Gasteiger partial charge in [0, 0.05) is 18.4 Å². The van der Waals surface area contributed by atoms with Crippen molar-refractivity contribution in [3.63, 3.8) is 0 Å². The highest BCUT2D eigenvalue weighted by Crippen LogP contribution is 2.32. The molecule has 0 amide bonds. The topological polar surface area (TPSA) is 57.4 Å². The van der Waals surface area contributed by atoms with E-state index < -0.39 is 0 Å². The molecule has 2 atom stereocenters. The van der Waals surface area contributed by atoms with Crippen LogP contribution in [0.2, 0.25) is 0 Å². The van der Waals surface area contributed by atoms with Gasteiger partial charge in [0.25, 0.3) is 0 Å². The lowest BCUT2D eigenvalue weighted by atomic mass is 10.0. The van der Waals surface area contributed by atoms with Gasteiger partial charge in [-0.3, -0.25) is 4.98 Å². The lowest BCUT2D eigenvalue weighted by molar-refractivity contribution is 0.164. The van der Waals surface area contributed by atoms with Crippen molar-refractivity contribution < 1.29 is 9.47 Å². The Balaban J connectivity index is 2.29. The molecule has 0 saturated heterocycles. The third kappa shape index (κ3) is 3.27. The SMILES string of the molecule is CCC(N)C(Oc1ccccc1OC)c1ccncc1. The van der Waals surface area contributed by atoms with Crippen LogP contribution in [-0.4, -0.2) is 18.1 Å². The van der Waals surface area contributed by atoms with Gasteiger partial charge in [0.2, 0.25) is 0 Å². The Morgan fingerprint density at radius 2 is 1.75 bits per heavy atom. The standard InChI is InChI=1S/C16H20N2O2/c1-3-13(17)16(12-8-10-18-11-9-12)20-15-7-5-4-6-14(15)19-2/h4-11,13,16H,3,17H2,1-2H3. The van der Waals surface area contributed by atoms with Crippen molar-refractivity contribution in [2.24, 2.45) is 5.73 Å². The molecule has 4 nitrogen and oxygen atoms in total. The number of ether oxygens (including phenoxy) is 2. The van der Waals surface area contributed by atoms with E-state index in [0.29, 0.717) is 11.5 Å². The van der Waals surface area contributed by atoms with Gasteiger partial charge < -0.3 is 15.2 Å². The first-order chi connectivity index (χ1) is 9.76. The van der Waals surface area contributed by atoms with Crippen molar-refractivity contribution in [3.05, 3.63) is 54.4 Å². The first kappa shape index (κ1) is 14.3. The second kappa shape index (κ2) is 6.91. The van der Waals surface area contributed by atoms with E-state index in [1.807, 2.05) is 43.3 Å². The summed E-state index contributed by atoms with van der Waals surface area (Å²) in [5.41, 5.74) is 7.22. The zero-order valence-corrected chi connectivity index (χ0v) is 11.8. The number of benzene rings is 1. The number of para-hydroxylation sites is 2. The molecule has 0 fully saturated rings. The summed E-state index contributed by atoms with van der Waals surface area (Å²) in [5.74, 6) is 1.40. The van der Waals surface area contributed by atoms with Crippen LogP contribution in [0.5, 0.6) is 11.5 Å². The zero-order valence-electron chi connectivity index (χ0n) is 11.8. The minimum atomic E-state index is -0.223. The fraction of sp³-hybridized carbons (Fsp3) is 0.312. The van der Waals surface area contributed by atoms with Gasteiger partial charge in [-0.15, -0.1) is 0 Å². The third-order valence-electron chi connectivity index (χ3n) is 3.22. The van der Waals surface area contributed by atoms with E-state index in [-0.39, 0.29) is 12.1 Å². The first-order valence-corrected chi connectivity index (χ1v) is 6.71. The molecule has 0 aliphatic carbocycles. The van der Waals surface area contributed by atoms with Crippen molar-refractivity contribution >= 4 is 0 Å². The molecule has 0 radical (unpaired) electrons. The average Bonchev–Trinajstić information content (AvgIpc) is 2.53. The fourth-order valence-corrected chi connectivity index (χ4v) is 2.02. The molecule has 2 unspecified atom stereocenters. The highest BCUT2D eigenvalue weighted by atomic mass is 16.5. The number of nitrogens with two attached hydrogens (primary N) is 1. The molecule has 0 bridgehead atoms. The predicted molar refractivity (Wildman–Crippen MR) is 78.9 cm³/mol. The van der Waals surface area contributed by atoms with E-state index in [4.69, 9.17) is 15.2 Å². The van der Waals surface area contributed by atoms with Gasteiger partial charge in [-0.05, 0) is 36.2 Å². The highest BCUT2D eigenvalue weighted by molar-refractivity contribution is 5.40. The van der Waals surface area contributed by atoms with Crippen LogP contribution in [0.4, 0.5) is 0 Å². The van der Waals surface area contributed by atoms with E-state index >= 15 is 0 Å². The quantitative estimate of drug-likeness (QED) is 0.878. The average molecular weight is 272 g/mol. The first-order valence-electron chi connectivity index (χ1n) is 6.71. The molecule has 0 spiro atoms. The van der Waals surface area contributed by atoms with E-state index in [0.717, 1.165) is 12.0 Å². The van der Waals surface area contributed by atoms with Crippen molar-refractivity contribution in [2.45, 2.75) is 25.5 Å². The van der Waals surface area contributed by atoms with Crippen LogP contribution in [0, 0.1) is 0 Å². The normalized spacial score (nSPS) is 13.6. The maximum Gasteiger partial charge on any atom is 0.162 e. The molecule has 1 aromatic heterocycles. The lowest BCUT2D eigenvalue weighted by Crippen LogP contribution is -2.31. The molecule has 2 aromatic rings. The molecule has 0 aliphatic heterocycles. The zero-order chi connectivity index (χ0) is 14.4. The van der Waals surface area contributed by atoms with Crippen molar-refractivity contribution in [2.75, 3.05) is 7.11 Å². The van der Waals surface area contributed by atoms with Gasteiger partial charge in [-0.1, -0.05) is 19.1 Å². The second-order valence-electron chi connectivity index (χ2n) is 4.54. The minimum absolute atomic E-state index is 0.0951. The Labute approximate surface area is 119 Å². The Morgan fingerprint density at radius 1 is 1.10 bits per heavy atom. The summed E-state index contributed by atoms with van der Waals surface area (Å²) in [5, 5.41) is 0. The molecular weight excluding hydrogens is 252 g/mol. The minimum Gasteiger partial charge on any atom is -0.493 e. The molecular formula is C16H20N2O2. The van der Waals surface area contributed by atoms with Crippen molar-refractivity contribution in [1.29, 1.82) is 0 Å². The molecule has 1 heterocycles. The second-order valence-corrected chi connectivity index (χ2v) is 4.54. The van der Waals surface area contributed by atoms with Gasteiger partial charge >= 0.3 is 0 Å². The molecule has 20 heavy (non-hydrogen) atoms. The molecule has 106 valence electrons. The van der Waals surface area contributed by atoms with E-state index in [9.17, 15) is 0 Å². The smallest absolute Gasteiger partial charge is 0.162 e. The molecule has 0 saturated carbocycles. The Kier molecular flexibility index (Phi) is 4.96. The fourth-order valence-electron chi connectivity index (χ4n) is 2.02. The van der Waals surface area contributed by atoms with Crippen LogP contribution in [0.25, 0.3) is 0 Å². The maximum absolute atomic E-state index is 6.20. The predicted octanol–water partition coefficient (Wildman–Crippen LogP) is 2.95. The number of rotatable bonds is 6. The largest absolute Gasteiger partial charge is 0.493 e. The summed E-state index contributed by atoms with van der Waals surface area (Å²) < 4.78 is 11.4. The van der Waals surface area contributed by atoms with Gasteiger partial charge in [-0.2, -0.15) is 0 Å². The maximum atomic E-state index is 6.20.